The smallest absolute Gasteiger partial charge is 0.315 e. The number of urea groups is 1. The lowest BCUT2D eigenvalue weighted by atomic mass is 10.0. The Hall–Kier alpha value is -1.59. The van der Waals surface area contributed by atoms with E-state index in [-0.39, 0.29) is 18.2 Å². The number of rotatable bonds is 5. The van der Waals surface area contributed by atoms with Crippen LogP contribution >= 0.6 is 0 Å². The lowest BCUT2D eigenvalue weighted by Gasteiger charge is -2.36. The maximum absolute atomic E-state index is 12.0. The van der Waals surface area contributed by atoms with Gasteiger partial charge in [0.15, 0.2) is 0 Å². The van der Waals surface area contributed by atoms with Crippen LogP contribution in [0.5, 0.6) is 0 Å². The first-order valence-corrected chi connectivity index (χ1v) is 9.17. The van der Waals surface area contributed by atoms with Crippen molar-refractivity contribution in [3.63, 3.8) is 0 Å². The summed E-state index contributed by atoms with van der Waals surface area (Å²) < 4.78 is 5.53. The number of benzene rings is 1. The summed E-state index contributed by atoms with van der Waals surface area (Å²) in [5.41, 5.74) is 1.36. The van der Waals surface area contributed by atoms with Crippen LogP contribution in [0.2, 0.25) is 0 Å². The van der Waals surface area contributed by atoms with Crippen LogP contribution in [0, 0.1) is 0 Å². The van der Waals surface area contributed by atoms with Crippen molar-refractivity contribution in [2.45, 2.75) is 50.8 Å². The predicted molar refractivity (Wildman–Crippen MR) is 95.0 cm³/mol. The third-order valence-electron chi connectivity index (χ3n) is 5.21. The van der Waals surface area contributed by atoms with Gasteiger partial charge < -0.3 is 15.4 Å². The molecule has 1 aromatic carbocycles. The van der Waals surface area contributed by atoms with Gasteiger partial charge in [0.2, 0.25) is 0 Å². The van der Waals surface area contributed by atoms with Gasteiger partial charge in [-0.25, -0.2) is 4.79 Å². The first-order chi connectivity index (χ1) is 11.7. The van der Waals surface area contributed by atoms with E-state index < -0.39 is 0 Å². The van der Waals surface area contributed by atoms with Crippen molar-refractivity contribution in [3.05, 3.63) is 35.9 Å². The van der Waals surface area contributed by atoms with Gasteiger partial charge in [0.05, 0.1) is 6.10 Å². The molecule has 0 aromatic heterocycles. The van der Waals surface area contributed by atoms with Gasteiger partial charge in [0.1, 0.15) is 0 Å². The second-order valence-corrected chi connectivity index (χ2v) is 6.89. The topological polar surface area (TPSA) is 53.6 Å². The second-order valence-electron chi connectivity index (χ2n) is 6.89. The Bertz CT molecular complexity index is 509. The Morgan fingerprint density at radius 1 is 1.25 bits per heavy atom. The molecule has 5 nitrogen and oxygen atoms in total. The molecule has 0 radical (unpaired) electrons. The molecule has 132 valence electrons. The molecule has 2 saturated heterocycles. The molecule has 1 aromatic rings. The quantitative estimate of drug-likeness (QED) is 0.872. The van der Waals surface area contributed by atoms with Crippen LogP contribution < -0.4 is 10.6 Å². The monoisotopic (exact) mass is 331 g/mol. The van der Waals surface area contributed by atoms with E-state index in [0.717, 1.165) is 45.4 Å². The fraction of sp³-hybridized carbons (Fsp3) is 0.632. The molecule has 0 saturated carbocycles. The number of carbonyl (C=O) groups is 1. The molecule has 2 heterocycles. The van der Waals surface area contributed by atoms with Crippen LogP contribution in [0.15, 0.2) is 30.3 Å². The van der Waals surface area contributed by atoms with E-state index in [0.29, 0.717) is 12.6 Å². The number of carbonyl (C=O) groups excluding carboxylic acids is 1. The summed E-state index contributed by atoms with van der Waals surface area (Å²) in [6.07, 6.45) is 4.36. The van der Waals surface area contributed by atoms with Crippen molar-refractivity contribution in [1.82, 2.24) is 15.5 Å². The summed E-state index contributed by atoms with van der Waals surface area (Å²) in [5.74, 6) is 0. The first-order valence-electron chi connectivity index (χ1n) is 9.17. The number of hydrogen-bond acceptors (Lipinski definition) is 3. The zero-order valence-electron chi connectivity index (χ0n) is 14.5. The molecule has 2 aliphatic rings. The van der Waals surface area contributed by atoms with E-state index in [1.165, 1.54) is 5.56 Å². The van der Waals surface area contributed by atoms with E-state index in [4.69, 9.17) is 4.74 Å². The minimum absolute atomic E-state index is 0.0555. The van der Waals surface area contributed by atoms with E-state index in [9.17, 15) is 4.79 Å². The van der Waals surface area contributed by atoms with Gasteiger partial charge in [-0.15, -0.1) is 0 Å². The number of piperidine rings is 1. The molecular weight excluding hydrogens is 302 g/mol. The molecule has 2 fully saturated rings. The molecule has 2 atom stereocenters. The fourth-order valence-corrected chi connectivity index (χ4v) is 3.62. The Morgan fingerprint density at radius 2 is 2.00 bits per heavy atom. The first kappa shape index (κ1) is 17.2. The van der Waals surface area contributed by atoms with Gasteiger partial charge in [0, 0.05) is 38.3 Å². The highest BCUT2D eigenvalue weighted by molar-refractivity contribution is 5.74. The largest absolute Gasteiger partial charge is 0.376 e. The highest BCUT2D eigenvalue weighted by atomic mass is 16.5. The molecule has 5 heteroatoms. The van der Waals surface area contributed by atoms with Crippen LogP contribution in [0.3, 0.4) is 0 Å². The maximum atomic E-state index is 12.0. The number of nitrogens with zero attached hydrogens (tertiary/aromatic N) is 1. The van der Waals surface area contributed by atoms with Crippen molar-refractivity contribution in [2.24, 2.45) is 0 Å². The Labute approximate surface area is 144 Å². The fourth-order valence-electron chi connectivity index (χ4n) is 3.62. The van der Waals surface area contributed by atoms with E-state index in [2.05, 4.69) is 52.8 Å². The normalized spacial score (nSPS) is 23.8. The van der Waals surface area contributed by atoms with E-state index >= 15 is 0 Å². The number of nitrogens with one attached hydrogen (secondary N) is 2. The van der Waals surface area contributed by atoms with Crippen molar-refractivity contribution >= 4 is 6.03 Å². The average Bonchev–Trinajstić information content (AvgIpc) is 3.14. The van der Waals surface area contributed by atoms with Gasteiger partial charge in [-0.3, -0.25) is 4.90 Å². The lowest BCUT2D eigenvalue weighted by Crippen LogP contribution is -2.49. The summed E-state index contributed by atoms with van der Waals surface area (Å²) in [6, 6.07) is 11.3. The standard InChI is InChI=1S/C19H29N3O2/c1-15(16-6-3-2-4-7-16)22-11-9-17(10-12-22)21-19(23)20-14-18-8-5-13-24-18/h2-4,6-7,15,17-18H,5,8-14H2,1H3,(H2,20,21,23)/t15-,18+/m1/s1. The minimum Gasteiger partial charge on any atom is -0.376 e. The number of ether oxygens (including phenoxy) is 1. The minimum atomic E-state index is -0.0555. The molecule has 0 aliphatic carbocycles. The van der Waals surface area contributed by atoms with Crippen LogP contribution in [0.4, 0.5) is 4.79 Å². The van der Waals surface area contributed by atoms with Crippen molar-refractivity contribution in [3.8, 4) is 0 Å². The lowest BCUT2D eigenvalue weighted by molar-refractivity contribution is 0.110. The molecule has 24 heavy (non-hydrogen) atoms. The Morgan fingerprint density at radius 3 is 2.67 bits per heavy atom. The van der Waals surface area contributed by atoms with Gasteiger partial charge >= 0.3 is 6.03 Å². The van der Waals surface area contributed by atoms with Crippen LogP contribution in [-0.4, -0.2) is 49.3 Å². The molecule has 2 aliphatic heterocycles. The van der Waals surface area contributed by atoms with Gasteiger partial charge in [-0.1, -0.05) is 30.3 Å². The van der Waals surface area contributed by atoms with Gasteiger partial charge in [-0.05, 0) is 38.2 Å². The summed E-state index contributed by atoms with van der Waals surface area (Å²) in [7, 11) is 0. The number of likely N-dealkylation sites (tertiary alicyclic amines) is 1. The van der Waals surface area contributed by atoms with E-state index in [1.54, 1.807) is 0 Å². The molecule has 0 spiro atoms. The van der Waals surface area contributed by atoms with E-state index in [1.807, 2.05) is 0 Å². The third-order valence-corrected chi connectivity index (χ3v) is 5.21. The molecule has 0 unspecified atom stereocenters. The van der Waals surface area contributed by atoms with Crippen LogP contribution in [0.25, 0.3) is 0 Å². The number of hydrogen-bond donors (Lipinski definition) is 2. The summed E-state index contributed by atoms with van der Waals surface area (Å²) in [5, 5.41) is 6.05. The maximum Gasteiger partial charge on any atom is 0.315 e. The predicted octanol–water partition coefficient (Wildman–Crippen LogP) is 2.69. The number of amides is 2. The van der Waals surface area contributed by atoms with Crippen molar-refractivity contribution in [1.29, 1.82) is 0 Å². The molecule has 2 amide bonds. The summed E-state index contributed by atoms with van der Waals surface area (Å²) in [4.78, 5) is 14.5. The van der Waals surface area contributed by atoms with Crippen molar-refractivity contribution in [2.75, 3.05) is 26.2 Å². The van der Waals surface area contributed by atoms with Gasteiger partial charge in [-0.2, -0.15) is 0 Å². The second kappa shape index (κ2) is 8.49. The zero-order valence-corrected chi connectivity index (χ0v) is 14.5. The molecule has 3 rings (SSSR count). The zero-order chi connectivity index (χ0) is 16.8. The summed E-state index contributed by atoms with van der Waals surface area (Å²) >= 11 is 0. The average molecular weight is 331 g/mol. The Kier molecular flexibility index (Phi) is 6.10. The van der Waals surface area contributed by atoms with Gasteiger partial charge in [0.25, 0.3) is 0 Å². The molecular formula is C19H29N3O2. The van der Waals surface area contributed by atoms with Crippen LogP contribution in [0.1, 0.15) is 44.2 Å². The molecule has 0 bridgehead atoms. The highest BCUT2D eigenvalue weighted by Gasteiger charge is 2.24. The molecule has 2 N–H and O–H groups in total. The van der Waals surface area contributed by atoms with Crippen molar-refractivity contribution < 1.29 is 9.53 Å². The van der Waals surface area contributed by atoms with Crippen LogP contribution in [-0.2, 0) is 4.74 Å². The highest BCUT2D eigenvalue weighted by Crippen LogP contribution is 2.23. The Balaban J connectivity index is 1.37. The third kappa shape index (κ3) is 4.71. The summed E-state index contributed by atoms with van der Waals surface area (Å²) in [6.45, 7) is 5.75. The SMILES string of the molecule is C[C@H](c1ccccc1)N1CCC(NC(=O)NC[C@@H]2CCCO2)CC1.